The summed E-state index contributed by atoms with van der Waals surface area (Å²) in [4.78, 5) is 26.0. The van der Waals surface area contributed by atoms with Crippen molar-refractivity contribution in [2.45, 2.75) is 78.1 Å². The van der Waals surface area contributed by atoms with E-state index >= 15 is 0 Å². The fraction of sp³-hybridized carbons (Fsp3) is 0.533. The number of Topliss-reactive ketones (excluding diaryl/α,β-unsaturated/α-hetero) is 2. The second-order valence-electron chi connectivity index (χ2n) is 13.0. The van der Waals surface area contributed by atoms with Gasteiger partial charge in [0.1, 0.15) is 12.1 Å². The molecule has 1 N–H and O–H groups in total. The van der Waals surface area contributed by atoms with Crippen LogP contribution in [0.4, 0.5) is 0 Å². The van der Waals surface area contributed by atoms with Gasteiger partial charge in [-0.15, -0.1) is 0 Å². The van der Waals surface area contributed by atoms with Gasteiger partial charge in [0, 0.05) is 33.4 Å². The van der Waals surface area contributed by atoms with Gasteiger partial charge in [0.05, 0.1) is 22.5 Å². The van der Waals surface area contributed by atoms with Crippen LogP contribution < -0.4 is 0 Å². The first-order valence-electron chi connectivity index (χ1n) is 13.3. The van der Waals surface area contributed by atoms with Crippen LogP contribution in [0.25, 0.3) is 5.82 Å². The molecule has 2 heterocycles. The van der Waals surface area contributed by atoms with Crippen molar-refractivity contribution in [3.63, 3.8) is 0 Å². The van der Waals surface area contributed by atoms with Crippen LogP contribution in [0.15, 0.2) is 29.5 Å². The van der Waals surface area contributed by atoms with E-state index in [2.05, 4.69) is 31.1 Å². The van der Waals surface area contributed by atoms with Gasteiger partial charge in [0.25, 0.3) is 0 Å². The fourth-order valence-corrected chi connectivity index (χ4v) is 8.37. The summed E-state index contributed by atoms with van der Waals surface area (Å²) in [6.45, 7) is 12.0. The molecule has 1 unspecified atom stereocenters. The van der Waals surface area contributed by atoms with Gasteiger partial charge in [-0.25, -0.2) is 4.68 Å². The number of carbonyl (C=O) groups is 2. The molecule has 38 heavy (non-hydrogen) atoms. The minimum atomic E-state index is -0.657. The first-order chi connectivity index (χ1) is 17.8. The van der Waals surface area contributed by atoms with E-state index in [0.717, 1.165) is 54.0 Å². The molecule has 0 bridgehead atoms. The largest absolute Gasteiger partial charge is 0.293 e. The quantitative estimate of drug-likeness (QED) is 0.610. The molecule has 4 aliphatic rings. The maximum Gasteiger partial charge on any atom is 0.178 e. The summed E-state index contributed by atoms with van der Waals surface area (Å²) in [5.74, 6) is 0.691. The summed E-state index contributed by atoms with van der Waals surface area (Å²) in [5.41, 5.74) is 1.96. The van der Waals surface area contributed by atoms with E-state index < -0.39 is 21.7 Å². The van der Waals surface area contributed by atoms with Crippen LogP contribution in [0, 0.1) is 45.3 Å². The van der Waals surface area contributed by atoms with Crippen molar-refractivity contribution in [2.75, 3.05) is 0 Å². The van der Waals surface area contributed by atoms with Gasteiger partial charge in [-0.3, -0.25) is 14.7 Å². The number of aryl methyl sites for hydroxylation is 1. The van der Waals surface area contributed by atoms with Crippen LogP contribution in [0.3, 0.4) is 0 Å². The maximum atomic E-state index is 13.0. The van der Waals surface area contributed by atoms with E-state index in [1.165, 1.54) is 0 Å². The molecule has 0 radical (unpaired) electrons. The molecule has 8 heteroatoms. The Balaban J connectivity index is 1.48. The van der Waals surface area contributed by atoms with Crippen LogP contribution in [-0.2, 0) is 33.3 Å². The lowest BCUT2D eigenvalue weighted by Crippen LogP contribution is -2.51. The lowest BCUT2D eigenvalue weighted by Gasteiger charge is -2.49. The van der Waals surface area contributed by atoms with E-state index in [0.29, 0.717) is 0 Å². The van der Waals surface area contributed by atoms with Crippen molar-refractivity contribution in [3.8, 4) is 18.0 Å². The zero-order valence-corrected chi connectivity index (χ0v) is 22.8. The monoisotopic (exact) mass is 508 g/mol. The molecule has 6 rings (SSSR count). The summed E-state index contributed by atoms with van der Waals surface area (Å²) >= 11 is 0. The predicted octanol–water partition coefficient (Wildman–Crippen LogP) is 4.35. The average Bonchev–Trinajstić information content (AvgIpc) is 3.49. The van der Waals surface area contributed by atoms with Gasteiger partial charge in [-0.2, -0.15) is 20.7 Å². The Morgan fingerprint density at radius 1 is 0.868 bits per heavy atom. The zero-order valence-electron chi connectivity index (χ0n) is 22.8. The van der Waals surface area contributed by atoms with Crippen LogP contribution in [0.2, 0.25) is 0 Å². The number of hydrogen-bond donors (Lipinski definition) is 1. The number of nitriles is 2. The normalized spacial score (nSPS) is 32.5. The van der Waals surface area contributed by atoms with E-state index in [-0.39, 0.29) is 34.5 Å². The highest BCUT2D eigenvalue weighted by Gasteiger charge is 2.57. The van der Waals surface area contributed by atoms with Crippen molar-refractivity contribution in [1.29, 1.82) is 10.5 Å². The molecule has 194 valence electrons. The second-order valence-corrected chi connectivity index (χ2v) is 13.0. The number of aromatic amines is 1. The number of fused-ring (bicyclic) bond motifs is 6. The zero-order chi connectivity index (χ0) is 27.4. The van der Waals surface area contributed by atoms with Gasteiger partial charge in [-0.05, 0) is 43.1 Å². The number of nitrogens with one attached hydrogen (secondary N) is 1. The minimum Gasteiger partial charge on any atom is -0.293 e. The molecule has 0 amide bonds. The molecule has 4 aliphatic carbocycles. The number of rotatable bonds is 1. The fourth-order valence-electron chi connectivity index (χ4n) is 8.37. The van der Waals surface area contributed by atoms with E-state index in [4.69, 9.17) is 10.2 Å². The van der Waals surface area contributed by atoms with Crippen molar-refractivity contribution in [3.05, 3.63) is 52.0 Å². The van der Waals surface area contributed by atoms with Crippen LogP contribution >= 0.6 is 0 Å². The van der Waals surface area contributed by atoms with Gasteiger partial charge >= 0.3 is 0 Å². The Hall–Kier alpha value is -3.78. The predicted molar refractivity (Wildman–Crippen MR) is 139 cm³/mol. The van der Waals surface area contributed by atoms with Crippen molar-refractivity contribution in [2.24, 2.45) is 22.7 Å². The molecule has 8 nitrogen and oxygen atoms in total. The van der Waals surface area contributed by atoms with E-state index in [1.54, 1.807) is 0 Å². The lowest BCUT2D eigenvalue weighted by atomic mass is 9.52. The molecule has 2 aromatic rings. The molecule has 0 saturated heterocycles. The van der Waals surface area contributed by atoms with Crippen LogP contribution in [0.5, 0.6) is 0 Å². The number of hydrogen-bond acceptors (Lipinski definition) is 6. The first-order valence-corrected chi connectivity index (χ1v) is 13.3. The Kier molecular flexibility index (Phi) is 4.79. The second kappa shape index (κ2) is 7.41. The topological polar surface area (TPSA) is 128 Å². The summed E-state index contributed by atoms with van der Waals surface area (Å²) in [6.07, 6.45) is 8.91. The number of ketones is 2. The van der Waals surface area contributed by atoms with Gasteiger partial charge in [-0.1, -0.05) is 53.7 Å². The highest BCUT2D eigenvalue weighted by molar-refractivity contribution is 6.05. The highest BCUT2D eigenvalue weighted by Crippen LogP contribution is 2.56. The molecule has 0 spiro atoms. The number of H-pyrrole nitrogens is 1. The van der Waals surface area contributed by atoms with E-state index in [1.807, 2.05) is 50.7 Å². The third-order valence-corrected chi connectivity index (χ3v) is 10.2. The standard InChI is InChI=1S/C30H32N6O2/c1-27(2)20-9-7-16-15-36(35-22(16)29(20,5)11-17(13-31)24(27)37)26-19-8-10-21-28(3,4)25(38)18(14-32)12-30(21,6)23(19)33-34-26/h11-12,15,20-21H,7-10H2,1-6H3,(H,33,34)/t20?,21-,29-,30-/m0/s1. The molecule has 4 atom stereocenters. The molecule has 0 aromatic carbocycles. The lowest BCUT2D eigenvalue weighted by molar-refractivity contribution is -0.129. The Labute approximate surface area is 222 Å². The highest BCUT2D eigenvalue weighted by atomic mass is 16.1. The minimum absolute atomic E-state index is 0.0327. The Bertz CT molecular complexity index is 1580. The van der Waals surface area contributed by atoms with Crippen LogP contribution in [0.1, 0.15) is 76.9 Å². The molecule has 2 aromatic heterocycles. The Morgan fingerprint density at radius 3 is 1.95 bits per heavy atom. The van der Waals surface area contributed by atoms with Gasteiger partial charge < -0.3 is 0 Å². The van der Waals surface area contributed by atoms with E-state index in [9.17, 15) is 20.1 Å². The summed E-state index contributed by atoms with van der Waals surface area (Å²) in [7, 11) is 0. The maximum absolute atomic E-state index is 13.0. The first kappa shape index (κ1) is 24.6. The molecular formula is C30H32N6O2. The summed E-state index contributed by atoms with van der Waals surface area (Å²) < 4.78 is 1.87. The number of carbonyl (C=O) groups excluding carboxylic acids is 2. The SMILES string of the molecule is CC1(C)C(=O)C(C#N)=C[C@]2(C)c3nn(-c4[nH]nc5c4CC[C@H]4C(C)(C)C(=O)C(C#N)=C[C@]54C)cc3CCC12. The molecule has 0 aliphatic heterocycles. The third kappa shape index (κ3) is 2.84. The third-order valence-electron chi connectivity index (χ3n) is 10.2. The summed E-state index contributed by atoms with van der Waals surface area (Å²) in [6, 6.07) is 4.25. The molecule has 0 saturated carbocycles. The van der Waals surface area contributed by atoms with Gasteiger partial charge in [0.2, 0.25) is 0 Å². The average molecular weight is 509 g/mol. The number of nitrogens with zero attached hydrogens (tertiary/aromatic N) is 5. The summed E-state index contributed by atoms with van der Waals surface area (Å²) in [5, 5.41) is 32.5. The number of aromatic nitrogens is 4. The molecular weight excluding hydrogens is 476 g/mol. The van der Waals surface area contributed by atoms with Gasteiger partial charge in [0.15, 0.2) is 17.4 Å². The van der Waals surface area contributed by atoms with Crippen LogP contribution in [-0.4, -0.2) is 31.5 Å². The number of allylic oxidation sites excluding steroid dienone is 4. The smallest absolute Gasteiger partial charge is 0.178 e. The van der Waals surface area contributed by atoms with Crippen molar-refractivity contribution < 1.29 is 9.59 Å². The molecule has 0 fully saturated rings. The van der Waals surface area contributed by atoms with Crippen molar-refractivity contribution >= 4 is 11.6 Å². The Morgan fingerprint density at radius 2 is 1.39 bits per heavy atom. The van der Waals surface area contributed by atoms with Crippen molar-refractivity contribution in [1.82, 2.24) is 20.0 Å².